The molecule has 3 aromatic rings. The van der Waals surface area contributed by atoms with Crippen LogP contribution in [0, 0.1) is 5.82 Å². The predicted octanol–water partition coefficient (Wildman–Crippen LogP) is 5.15. The van der Waals surface area contributed by atoms with Gasteiger partial charge in [0.15, 0.2) is 0 Å². The number of alkyl halides is 1. The molecule has 0 amide bonds. The van der Waals surface area contributed by atoms with Crippen molar-refractivity contribution in [1.29, 1.82) is 0 Å². The molecule has 1 heterocycles. The molecule has 0 atom stereocenters. The first-order chi connectivity index (χ1) is 11.0. The maximum absolute atomic E-state index is 13.2. The third-order valence-electron chi connectivity index (χ3n) is 4.02. The molecule has 0 unspecified atom stereocenters. The Hall–Kier alpha value is -1.94. The van der Waals surface area contributed by atoms with E-state index in [2.05, 4.69) is 29.8 Å². The molecule has 0 aliphatic carbocycles. The van der Waals surface area contributed by atoms with Gasteiger partial charge in [-0.2, -0.15) is 0 Å². The van der Waals surface area contributed by atoms with Crippen LogP contribution in [-0.4, -0.2) is 4.57 Å². The topological polar surface area (TPSA) is 22.0 Å². The zero-order chi connectivity index (χ0) is 16.6. The Bertz CT molecular complexity index is 913. The number of hydrogen-bond donors (Lipinski definition) is 0. The van der Waals surface area contributed by atoms with E-state index >= 15 is 0 Å². The molecule has 1 aromatic heterocycles. The normalized spacial score (nSPS) is 11.3. The van der Waals surface area contributed by atoms with E-state index in [1.54, 1.807) is 16.7 Å². The lowest BCUT2D eigenvalue weighted by molar-refractivity contribution is 0.627. The highest BCUT2D eigenvalue weighted by Crippen LogP contribution is 2.30. The second kappa shape index (κ2) is 6.28. The summed E-state index contributed by atoms with van der Waals surface area (Å²) in [6.07, 6.45) is 0. The molecule has 0 bridgehead atoms. The van der Waals surface area contributed by atoms with Crippen molar-refractivity contribution < 1.29 is 4.39 Å². The summed E-state index contributed by atoms with van der Waals surface area (Å²) in [5, 5.41) is 2.23. The average molecular weight is 374 g/mol. The first-order valence-corrected chi connectivity index (χ1v) is 8.65. The van der Waals surface area contributed by atoms with Gasteiger partial charge >= 0.3 is 0 Å². The minimum atomic E-state index is -0.313. The highest BCUT2D eigenvalue weighted by Gasteiger charge is 2.18. The smallest absolute Gasteiger partial charge is 0.263 e. The van der Waals surface area contributed by atoms with Crippen LogP contribution in [0.4, 0.5) is 4.39 Å². The lowest BCUT2D eigenvalue weighted by Gasteiger charge is -2.20. The summed E-state index contributed by atoms with van der Waals surface area (Å²) in [6.45, 7) is 4.24. The highest BCUT2D eigenvalue weighted by atomic mass is 79.9. The molecular weight excluding hydrogens is 357 g/mol. The van der Waals surface area contributed by atoms with E-state index < -0.39 is 0 Å². The number of rotatable bonds is 3. The molecule has 3 rings (SSSR count). The lowest BCUT2D eigenvalue weighted by atomic mass is 9.95. The molecule has 118 valence electrons. The summed E-state index contributed by atoms with van der Waals surface area (Å²) in [5.74, 6) is -0.0492. The largest absolute Gasteiger partial charge is 0.280 e. The maximum Gasteiger partial charge on any atom is 0.263 e. The van der Waals surface area contributed by atoms with Crippen molar-refractivity contribution in [3.63, 3.8) is 0 Å². The Balaban J connectivity index is 2.48. The highest BCUT2D eigenvalue weighted by molar-refractivity contribution is 9.08. The summed E-state index contributed by atoms with van der Waals surface area (Å²) in [7, 11) is 0. The van der Waals surface area contributed by atoms with Gasteiger partial charge in [0.2, 0.25) is 0 Å². The molecular formula is C19H17BrFNO. The number of pyridine rings is 1. The van der Waals surface area contributed by atoms with Crippen molar-refractivity contribution in [3.8, 4) is 5.69 Å². The fraction of sp³-hybridized carbons (Fsp3) is 0.211. The number of aromatic nitrogens is 1. The first kappa shape index (κ1) is 15.9. The van der Waals surface area contributed by atoms with Gasteiger partial charge in [0, 0.05) is 22.1 Å². The lowest BCUT2D eigenvalue weighted by Crippen LogP contribution is -2.24. The summed E-state index contributed by atoms with van der Waals surface area (Å²) >= 11 is 3.53. The Morgan fingerprint density at radius 1 is 1.04 bits per heavy atom. The first-order valence-electron chi connectivity index (χ1n) is 7.53. The van der Waals surface area contributed by atoms with Gasteiger partial charge in [-0.05, 0) is 47.2 Å². The van der Waals surface area contributed by atoms with Crippen LogP contribution in [0.2, 0.25) is 0 Å². The van der Waals surface area contributed by atoms with Gasteiger partial charge in [-0.15, -0.1) is 0 Å². The quantitative estimate of drug-likeness (QED) is 0.582. The fourth-order valence-corrected chi connectivity index (χ4v) is 3.62. The average Bonchev–Trinajstić information content (AvgIpc) is 2.55. The standard InChI is InChI=1S/C19H17BrFNO/c1-12(2)18-15-5-3-4-6-16(15)19(23)22(17(18)11-20)14-9-7-13(21)8-10-14/h3-10,12H,11H2,1-2H3. The molecule has 4 heteroatoms. The van der Waals surface area contributed by atoms with E-state index in [1.165, 1.54) is 12.1 Å². The Labute approximate surface area is 142 Å². The number of fused-ring (bicyclic) bond motifs is 1. The van der Waals surface area contributed by atoms with Crippen LogP contribution in [0.15, 0.2) is 53.3 Å². The van der Waals surface area contributed by atoms with Crippen LogP contribution in [0.5, 0.6) is 0 Å². The molecule has 0 radical (unpaired) electrons. The predicted molar refractivity (Wildman–Crippen MR) is 96.2 cm³/mol. The van der Waals surface area contributed by atoms with Crippen molar-refractivity contribution in [2.75, 3.05) is 0 Å². The van der Waals surface area contributed by atoms with E-state index in [4.69, 9.17) is 0 Å². The van der Waals surface area contributed by atoms with Crippen molar-refractivity contribution in [2.45, 2.75) is 25.1 Å². The second-order valence-corrected chi connectivity index (χ2v) is 6.37. The van der Waals surface area contributed by atoms with E-state index in [-0.39, 0.29) is 17.3 Å². The number of halogens is 2. The monoisotopic (exact) mass is 373 g/mol. The third kappa shape index (κ3) is 2.72. The van der Waals surface area contributed by atoms with Crippen LogP contribution < -0.4 is 5.56 Å². The minimum Gasteiger partial charge on any atom is -0.280 e. The van der Waals surface area contributed by atoms with Gasteiger partial charge in [-0.25, -0.2) is 4.39 Å². The molecule has 0 saturated carbocycles. The van der Waals surface area contributed by atoms with E-state index in [0.717, 1.165) is 16.6 Å². The minimum absolute atomic E-state index is 0.0777. The van der Waals surface area contributed by atoms with Crippen molar-refractivity contribution in [3.05, 3.63) is 76.0 Å². The number of benzene rings is 2. The van der Waals surface area contributed by atoms with Crippen LogP contribution in [-0.2, 0) is 5.33 Å². The van der Waals surface area contributed by atoms with E-state index in [9.17, 15) is 9.18 Å². The molecule has 0 aliphatic heterocycles. The Morgan fingerprint density at radius 3 is 2.22 bits per heavy atom. The van der Waals surface area contributed by atoms with E-state index in [1.807, 2.05) is 24.3 Å². The van der Waals surface area contributed by atoms with E-state index in [0.29, 0.717) is 16.4 Å². The third-order valence-corrected chi connectivity index (χ3v) is 4.55. The molecule has 2 nitrogen and oxygen atoms in total. The van der Waals surface area contributed by atoms with Gasteiger partial charge in [-0.3, -0.25) is 9.36 Å². The summed E-state index contributed by atoms with van der Waals surface area (Å²) in [5.41, 5.74) is 2.65. The fourth-order valence-electron chi connectivity index (χ4n) is 3.06. The van der Waals surface area contributed by atoms with Crippen LogP contribution >= 0.6 is 15.9 Å². The van der Waals surface area contributed by atoms with Crippen molar-refractivity contribution in [2.24, 2.45) is 0 Å². The summed E-state index contributed by atoms with van der Waals surface area (Å²) in [6, 6.07) is 13.7. The molecule has 0 N–H and O–H groups in total. The van der Waals surface area contributed by atoms with Gasteiger partial charge in [-0.1, -0.05) is 48.0 Å². The molecule has 0 saturated heterocycles. The molecule has 0 fully saturated rings. The number of hydrogen-bond acceptors (Lipinski definition) is 1. The van der Waals surface area contributed by atoms with Gasteiger partial charge in [0.05, 0.1) is 0 Å². The van der Waals surface area contributed by atoms with Crippen molar-refractivity contribution in [1.82, 2.24) is 4.57 Å². The van der Waals surface area contributed by atoms with Crippen molar-refractivity contribution >= 4 is 26.7 Å². The van der Waals surface area contributed by atoms with Crippen LogP contribution in [0.1, 0.15) is 31.0 Å². The molecule has 2 aromatic carbocycles. The Kier molecular flexibility index (Phi) is 4.35. The maximum atomic E-state index is 13.2. The summed E-state index contributed by atoms with van der Waals surface area (Å²) in [4.78, 5) is 13.0. The zero-order valence-electron chi connectivity index (χ0n) is 13.0. The van der Waals surface area contributed by atoms with Gasteiger partial charge in [0.1, 0.15) is 5.82 Å². The van der Waals surface area contributed by atoms with Gasteiger partial charge < -0.3 is 0 Å². The number of nitrogens with zero attached hydrogens (tertiary/aromatic N) is 1. The summed E-state index contributed by atoms with van der Waals surface area (Å²) < 4.78 is 14.9. The zero-order valence-corrected chi connectivity index (χ0v) is 14.6. The van der Waals surface area contributed by atoms with Crippen LogP contribution in [0.3, 0.4) is 0 Å². The SMILES string of the molecule is CC(C)c1c(CBr)n(-c2ccc(F)cc2)c(=O)c2ccccc12. The Morgan fingerprint density at radius 2 is 1.65 bits per heavy atom. The molecule has 0 spiro atoms. The van der Waals surface area contributed by atoms with Gasteiger partial charge in [0.25, 0.3) is 5.56 Å². The molecule has 23 heavy (non-hydrogen) atoms. The van der Waals surface area contributed by atoms with Crippen LogP contribution in [0.25, 0.3) is 16.5 Å². The molecule has 0 aliphatic rings. The second-order valence-electron chi connectivity index (χ2n) is 5.81.